The number of halogens is 1. The first kappa shape index (κ1) is 35.1. The molecular weight excluding hydrogens is 700 g/mol. The maximum Gasteiger partial charge on any atom is 0.232 e. The Balaban J connectivity index is 1.07. The molecule has 4 aromatic rings. The normalized spacial score (nSPS) is 19.2. The smallest absolute Gasteiger partial charge is 0.232 e. The summed E-state index contributed by atoms with van der Waals surface area (Å²) in [5.41, 5.74) is 5.33. The number of piperidine rings is 1. The van der Waals surface area contributed by atoms with Gasteiger partial charge in [0.2, 0.25) is 16.0 Å². The van der Waals surface area contributed by atoms with Crippen LogP contribution in [0.5, 0.6) is 5.75 Å². The molecule has 0 radical (unpaired) electrons. The van der Waals surface area contributed by atoms with Gasteiger partial charge in [-0.25, -0.2) is 13.4 Å². The predicted octanol–water partition coefficient (Wildman–Crippen LogP) is 5.67. The van der Waals surface area contributed by atoms with Gasteiger partial charge in [0.1, 0.15) is 22.0 Å². The minimum absolute atomic E-state index is 0.148. The lowest BCUT2D eigenvalue weighted by Crippen LogP contribution is -2.52. The molecule has 2 aromatic carbocycles. The number of methoxy groups -OCH3 is 1. The zero-order valence-electron chi connectivity index (χ0n) is 30.1. The van der Waals surface area contributed by atoms with Crippen LogP contribution in [0.1, 0.15) is 44.1 Å². The zero-order chi connectivity index (χ0) is 36.0. The van der Waals surface area contributed by atoms with Crippen molar-refractivity contribution in [3.63, 3.8) is 0 Å². The first-order valence-electron chi connectivity index (χ1n) is 18.3. The standard InChI is InChI=1S/C37H47ClN10O3S/c1-45-16-18-46(19-17-45)26-10-14-47(15-11-26)32-22-33(51-2)31(21-25(32)20-24-4-5-24)43-37-41-23-28(38)36(44-37)42-30-9-8-29-34(40-13-12-39-29)35(30)48(27-6-7-27)52(3,49)50/h8-9,12-13,21-24,26-27H,4-7,10-11,14-20H2,1-3H3,(H2,41,42,43,44). The van der Waals surface area contributed by atoms with Gasteiger partial charge in [0.25, 0.3) is 0 Å². The van der Waals surface area contributed by atoms with Gasteiger partial charge in [0.15, 0.2) is 5.82 Å². The van der Waals surface area contributed by atoms with Gasteiger partial charge in [0.05, 0.1) is 36.5 Å². The minimum atomic E-state index is -3.63. The van der Waals surface area contributed by atoms with E-state index in [4.69, 9.17) is 21.3 Å². The highest BCUT2D eigenvalue weighted by Gasteiger charge is 2.38. The van der Waals surface area contributed by atoms with E-state index in [1.54, 1.807) is 31.6 Å². The van der Waals surface area contributed by atoms with Crippen LogP contribution in [0.2, 0.25) is 5.02 Å². The van der Waals surface area contributed by atoms with E-state index < -0.39 is 10.0 Å². The average Bonchev–Trinajstić information content (AvgIpc) is 4.08. The summed E-state index contributed by atoms with van der Waals surface area (Å²) >= 11 is 6.67. The molecule has 2 saturated carbocycles. The fraction of sp³-hybridized carbons (Fsp3) is 0.514. The van der Waals surface area contributed by atoms with Crippen LogP contribution in [0.15, 0.2) is 42.9 Å². The molecule has 2 aliphatic heterocycles. The number of anilines is 6. The van der Waals surface area contributed by atoms with Crippen LogP contribution >= 0.6 is 11.6 Å². The number of likely N-dealkylation sites (N-methyl/N-ethyl adjacent to an activating group) is 1. The molecule has 2 aliphatic carbocycles. The third-order valence-electron chi connectivity index (χ3n) is 10.8. The Morgan fingerprint density at radius 2 is 1.67 bits per heavy atom. The van der Waals surface area contributed by atoms with Crippen molar-refractivity contribution in [3.8, 4) is 5.75 Å². The molecule has 8 rings (SSSR count). The third-order valence-corrected chi connectivity index (χ3v) is 12.3. The molecule has 4 fully saturated rings. The van der Waals surface area contributed by atoms with E-state index in [2.05, 4.69) is 59.5 Å². The van der Waals surface area contributed by atoms with Crippen molar-refractivity contribution in [3.05, 3.63) is 53.4 Å². The van der Waals surface area contributed by atoms with Crippen LogP contribution in [0.3, 0.4) is 0 Å². The molecule has 0 bridgehead atoms. The van der Waals surface area contributed by atoms with Crippen LogP contribution in [-0.4, -0.2) is 110 Å². The van der Waals surface area contributed by atoms with E-state index in [0.717, 1.165) is 77.1 Å². The summed E-state index contributed by atoms with van der Waals surface area (Å²) in [6, 6.07) is 8.46. The second kappa shape index (κ2) is 14.4. The van der Waals surface area contributed by atoms with Crippen molar-refractivity contribution in [1.29, 1.82) is 0 Å². The van der Waals surface area contributed by atoms with Gasteiger partial charge < -0.3 is 25.2 Å². The Morgan fingerprint density at radius 1 is 0.923 bits per heavy atom. The number of benzene rings is 2. The van der Waals surface area contributed by atoms with Gasteiger partial charge >= 0.3 is 0 Å². The van der Waals surface area contributed by atoms with Crippen LogP contribution in [0.4, 0.5) is 34.5 Å². The molecule has 276 valence electrons. The molecule has 0 atom stereocenters. The quantitative estimate of drug-likeness (QED) is 0.185. The second-order valence-corrected chi connectivity index (χ2v) is 17.0. The lowest BCUT2D eigenvalue weighted by atomic mass is 9.98. The number of nitrogens with zero attached hydrogens (tertiary/aromatic N) is 8. The third kappa shape index (κ3) is 7.57. The van der Waals surface area contributed by atoms with Crippen LogP contribution < -0.4 is 24.6 Å². The van der Waals surface area contributed by atoms with E-state index in [0.29, 0.717) is 51.9 Å². The number of hydrogen-bond acceptors (Lipinski definition) is 12. The molecule has 13 nitrogen and oxygen atoms in total. The Morgan fingerprint density at radius 3 is 2.37 bits per heavy atom. The van der Waals surface area contributed by atoms with Crippen molar-refractivity contribution < 1.29 is 13.2 Å². The number of sulfonamides is 1. The number of piperazine rings is 1. The lowest BCUT2D eigenvalue weighted by Gasteiger charge is -2.43. The molecule has 0 spiro atoms. The lowest BCUT2D eigenvalue weighted by molar-refractivity contribution is 0.0982. The van der Waals surface area contributed by atoms with Gasteiger partial charge in [-0.2, -0.15) is 4.98 Å². The summed E-state index contributed by atoms with van der Waals surface area (Å²) in [6.07, 6.45) is 13.3. The molecule has 0 amide bonds. The first-order chi connectivity index (χ1) is 25.1. The Labute approximate surface area is 310 Å². The average molecular weight is 747 g/mol. The monoisotopic (exact) mass is 746 g/mol. The Kier molecular flexibility index (Phi) is 9.74. The zero-order valence-corrected chi connectivity index (χ0v) is 31.6. The number of hydrogen-bond donors (Lipinski definition) is 2. The van der Waals surface area contributed by atoms with Crippen LogP contribution in [0.25, 0.3) is 11.0 Å². The van der Waals surface area contributed by atoms with Gasteiger partial charge in [-0.1, -0.05) is 11.6 Å². The Bertz CT molecular complexity index is 2050. The summed E-state index contributed by atoms with van der Waals surface area (Å²) in [7, 11) is 0.275. The summed E-state index contributed by atoms with van der Waals surface area (Å²) < 4.78 is 33.7. The van der Waals surface area contributed by atoms with Crippen molar-refractivity contribution in [2.45, 2.75) is 57.0 Å². The number of nitrogens with one attached hydrogen (secondary N) is 2. The second-order valence-electron chi connectivity index (χ2n) is 14.7. The van der Waals surface area contributed by atoms with E-state index in [1.807, 2.05) is 0 Å². The van der Waals surface area contributed by atoms with E-state index in [1.165, 1.54) is 40.9 Å². The first-order valence-corrected chi connectivity index (χ1v) is 20.6. The summed E-state index contributed by atoms with van der Waals surface area (Å²) in [6.45, 7) is 6.66. The van der Waals surface area contributed by atoms with E-state index in [-0.39, 0.29) is 11.1 Å². The van der Waals surface area contributed by atoms with Gasteiger partial charge in [-0.05, 0) is 81.7 Å². The Hall–Kier alpha value is -3.98. The number of ether oxygens (including phenoxy) is 1. The minimum Gasteiger partial charge on any atom is -0.494 e. The predicted molar refractivity (Wildman–Crippen MR) is 207 cm³/mol. The topological polar surface area (TPSA) is 132 Å². The summed E-state index contributed by atoms with van der Waals surface area (Å²) in [4.78, 5) is 25.9. The van der Waals surface area contributed by atoms with E-state index >= 15 is 0 Å². The van der Waals surface area contributed by atoms with Crippen molar-refractivity contribution in [1.82, 2.24) is 29.7 Å². The summed E-state index contributed by atoms with van der Waals surface area (Å²) in [5, 5.41) is 7.00. The molecule has 2 saturated heterocycles. The molecule has 4 heterocycles. The van der Waals surface area contributed by atoms with Crippen molar-refractivity contribution >= 4 is 67.2 Å². The molecule has 2 N–H and O–H groups in total. The maximum absolute atomic E-state index is 13.1. The van der Waals surface area contributed by atoms with Gasteiger partial charge in [-0.15, -0.1) is 0 Å². The van der Waals surface area contributed by atoms with Crippen LogP contribution in [-0.2, 0) is 16.4 Å². The van der Waals surface area contributed by atoms with Crippen molar-refractivity contribution in [2.24, 2.45) is 5.92 Å². The fourth-order valence-electron chi connectivity index (χ4n) is 7.67. The number of rotatable bonds is 12. The highest BCUT2D eigenvalue weighted by atomic mass is 35.5. The molecular formula is C37H47ClN10O3S. The molecule has 0 unspecified atom stereocenters. The van der Waals surface area contributed by atoms with Gasteiger partial charge in [0, 0.05) is 75.5 Å². The number of fused-ring (bicyclic) bond motifs is 1. The highest BCUT2D eigenvalue weighted by molar-refractivity contribution is 7.92. The molecule has 15 heteroatoms. The largest absolute Gasteiger partial charge is 0.494 e. The van der Waals surface area contributed by atoms with Crippen molar-refractivity contribution in [2.75, 3.05) is 79.5 Å². The van der Waals surface area contributed by atoms with E-state index in [9.17, 15) is 8.42 Å². The number of aromatic nitrogens is 4. The van der Waals surface area contributed by atoms with Gasteiger partial charge in [-0.3, -0.25) is 19.2 Å². The highest BCUT2D eigenvalue weighted by Crippen LogP contribution is 2.44. The maximum atomic E-state index is 13.1. The molecule has 2 aromatic heterocycles. The SMILES string of the molecule is COc1cc(N2CCC(N3CCN(C)CC3)CC2)c(CC2CC2)cc1Nc1ncc(Cl)c(Nc2ccc3nccnc3c2N(C2CC2)S(C)(=O)=O)n1. The van der Waals surface area contributed by atoms with Crippen LogP contribution in [0, 0.1) is 5.92 Å². The summed E-state index contributed by atoms with van der Waals surface area (Å²) in [5.74, 6) is 2.07. The molecule has 52 heavy (non-hydrogen) atoms. The fourth-order valence-corrected chi connectivity index (χ4v) is 9.07. The molecule has 4 aliphatic rings.